The summed E-state index contributed by atoms with van der Waals surface area (Å²) in [5.41, 5.74) is 6.58. The van der Waals surface area contributed by atoms with Gasteiger partial charge in [0, 0.05) is 12.0 Å². The lowest BCUT2D eigenvalue weighted by molar-refractivity contribution is 0.123. The summed E-state index contributed by atoms with van der Waals surface area (Å²) in [5, 5.41) is 0. The van der Waals surface area contributed by atoms with Crippen molar-refractivity contribution >= 4 is 0 Å². The van der Waals surface area contributed by atoms with Crippen LogP contribution in [0.15, 0.2) is 10.5 Å². The largest absolute Gasteiger partial charge is 0.463 e. The minimum atomic E-state index is 0.625. The highest BCUT2D eigenvalue weighted by Crippen LogP contribution is 2.23. The maximum Gasteiger partial charge on any atom is 0.135 e. The van der Waals surface area contributed by atoms with Gasteiger partial charge in [-0.1, -0.05) is 0 Å². The quantitative estimate of drug-likeness (QED) is 0.684. The minimum Gasteiger partial charge on any atom is -0.463 e. The monoisotopic (exact) mass is 153 g/mol. The van der Waals surface area contributed by atoms with E-state index in [1.54, 1.807) is 0 Å². The van der Waals surface area contributed by atoms with Crippen molar-refractivity contribution in [3.05, 3.63) is 23.2 Å². The summed E-state index contributed by atoms with van der Waals surface area (Å²) in [6.45, 7) is 1.97. The van der Waals surface area contributed by atoms with Gasteiger partial charge < -0.3 is 14.9 Å². The molecule has 1 aliphatic rings. The van der Waals surface area contributed by atoms with Crippen molar-refractivity contribution < 1.29 is 9.15 Å². The first-order chi connectivity index (χ1) is 5.40. The van der Waals surface area contributed by atoms with Crippen molar-refractivity contribution in [2.24, 2.45) is 5.73 Å². The summed E-state index contributed by atoms with van der Waals surface area (Å²) in [6.07, 6.45) is 0.826. The van der Waals surface area contributed by atoms with Gasteiger partial charge in [-0.3, -0.25) is 0 Å². The molecule has 0 bridgehead atoms. The zero-order valence-corrected chi connectivity index (χ0v) is 6.30. The lowest BCUT2D eigenvalue weighted by Gasteiger charge is -1.91. The summed E-state index contributed by atoms with van der Waals surface area (Å²) < 4.78 is 10.6. The van der Waals surface area contributed by atoms with Crippen LogP contribution in [0.2, 0.25) is 0 Å². The fourth-order valence-electron chi connectivity index (χ4n) is 1.29. The molecular formula is C8H11NO2. The summed E-state index contributed by atoms with van der Waals surface area (Å²) in [7, 11) is 0. The van der Waals surface area contributed by atoms with Crippen LogP contribution in [0.1, 0.15) is 17.1 Å². The van der Waals surface area contributed by atoms with E-state index in [1.807, 2.05) is 6.07 Å². The molecule has 0 aliphatic carbocycles. The molecule has 0 amide bonds. The number of hydrogen-bond donors (Lipinski definition) is 1. The number of nitrogens with two attached hydrogens (primary N) is 1. The maximum atomic E-state index is 5.46. The average molecular weight is 153 g/mol. The first kappa shape index (κ1) is 6.88. The van der Waals surface area contributed by atoms with Crippen LogP contribution in [0.4, 0.5) is 0 Å². The number of ether oxygens (including phenoxy) is 1. The van der Waals surface area contributed by atoms with Crippen molar-refractivity contribution in [1.29, 1.82) is 0 Å². The molecule has 60 valence electrons. The molecule has 0 aromatic carbocycles. The maximum absolute atomic E-state index is 5.46. The molecule has 2 rings (SSSR count). The second-order valence-corrected chi connectivity index (χ2v) is 2.69. The highest BCUT2D eigenvalue weighted by molar-refractivity contribution is 5.23. The first-order valence-electron chi connectivity index (χ1n) is 3.78. The van der Waals surface area contributed by atoms with Crippen LogP contribution < -0.4 is 5.73 Å². The summed E-state index contributed by atoms with van der Waals surface area (Å²) in [4.78, 5) is 0. The van der Waals surface area contributed by atoms with E-state index in [1.165, 1.54) is 5.56 Å². The Bertz CT molecular complexity index is 233. The molecule has 0 unspecified atom stereocenters. The van der Waals surface area contributed by atoms with E-state index in [4.69, 9.17) is 14.9 Å². The zero-order valence-electron chi connectivity index (χ0n) is 6.30. The Morgan fingerprint density at radius 3 is 3.09 bits per heavy atom. The smallest absolute Gasteiger partial charge is 0.135 e. The zero-order chi connectivity index (χ0) is 7.68. The molecule has 0 atom stereocenters. The molecule has 0 spiro atoms. The third-order valence-electron chi connectivity index (χ3n) is 1.83. The molecule has 0 radical (unpaired) electrons. The van der Waals surface area contributed by atoms with E-state index in [0.29, 0.717) is 19.8 Å². The number of fused-ring (bicyclic) bond motifs is 1. The fraction of sp³-hybridized carbons (Fsp3) is 0.500. The molecule has 0 saturated carbocycles. The minimum absolute atomic E-state index is 0.625. The second-order valence-electron chi connectivity index (χ2n) is 2.69. The lowest BCUT2D eigenvalue weighted by Crippen LogP contribution is -2.01. The molecule has 0 fully saturated rings. The lowest BCUT2D eigenvalue weighted by atomic mass is 10.2. The van der Waals surface area contributed by atoms with E-state index in [9.17, 15) is 0 Å². The Balaban J connectivity index is 2.20. The predicted molar refractivity (Wildman–Crippen MR) is 40.0 cm³/mol. The van der Waals surface area contributed by atoms with Gasteiger partial charge in [-0.2, -0.15) is 0 Å². The third kappa shape index (κ3) is 1.17. The van der Waals surface area contributed by atoms with E-state index in [-0.39, 0.29) is 0 Å². The molecule has 3 nitrogen and oxygen atoms in total. The molecule has 2 heterocycles. The molecule has 1 aromatic heterocycles. The summed E-state index contributed by atoms with van der Waals surface area (Å²) in [5.74, 6) is 1.97. The number of hydrogen-bond acceptors (Lipinski definition) is 3. The van der Waals surface area contributed by atoms with Gasteiger partial charge in [0.2, 0.25) is 0 Å². The van der Waals surface area contributed by atoms with E-state index in [0.717, 1.165) is 17.9 Å². The van der Waals surface area contributed by atoms with E-state index >= 15 is 0 Å². The molecule has 0 saturated heterocycles. The van der Waals surface area contributed by atoms with Crippen LogP contribution in [0, 0.1) is 0 Å². The van der Waals surface area contributed by atoms with Crippen LogP contribution in [0.5, 0.6) is 0 Å². The Hall–Kier alpha value is -0.800. The topological polar surface area (TPSA) is 48.4 Å². The Labute approximate surface area is 65.1 Å². The van der Waals surface area contributed by atoms with Gasteiger partial charge in [-0.05, 0) is 12.6 Å². The highest BCUT2D eigenvalue weighted by Gasteiger charge is 2.16. The van der Waals surface area contributed by atoms with Crippen molar-refractivity contribution in [3.63, 3.8) is 0 Å². The summed E-state index contributed by atoms with van der Waals surface area (Å²) >= 11 is 0. The molecule has 11 heavy (non-hydrogen) atoms. The van der Waals surface area contributed by atoms with Gasteiger partial charge in [-0.25, -0.2) is 0 Å². The Morgan fingerprint density at radius 2 is 2.36 bits per heavy atom. The highest BCUT2D eigenvalue weighted by atomic mass is 16.5. The SMILES string of the molecule is NCCc1cc2c(o1)COC2. The Morgan fingerprint density at radius 1 is 1.45 bits per heavy atom. The molecule has 3 heteroatoms. The van der Waals surface area contributed by atoms with Gasteiger partial charge in [-0.15, -0.1) is 0 Å². The van der Waals surface area contributed by atoms with Crippen LogP contribution in [-0.4, -0.2) is 6.54 Å². The van der Waals surface area contributed by atoms with E-state index < -0.39 is 0 Å². The normalized spacial score (nSPS) is 15.4. The molecule has 1 aliphatic heterocycles. The van der Waals surface area contributed by atoms with Crippen LogP contribution in [0.25, 0.3) is 0 Å². The summed E-state index contributed by atoms with van der Waals surface area (Å²) in [6, 6.07) is 2.04. The molecule has 1 aromatic rings. The van der Waals surface area contributed by atoms with Gasteiger partial charge >= 0.3 is 0 Å². The van der Waals surface area contributed by atoms with Gasteiger partial charge in [0.05, 0.1) is 6.61 Å². The molecular weight excluding hydrogens is 142 g/mol. The third-order valence-corrected chi connectivity index (χ3v) is 1.83. The number of furan rings is 1. The second kappa shape index (κ2) is 2.68. The van der Waals surface area contributed by atoms with Gasteiger partial charge in [0.15, 0.2) is 0 Å². The standard InChI is InChI=1S/C8H11NO2/c9-2-1-7-3-6-4-10-5-8(6)11-7/h3H,1-2,4-5,9H2. The van der Waals surface area contributed by atoms with Crippen molar-refractivity contribution in [2.45, 2.75) is 19.6 Å². The van der Waals surface area contributed by atoms with Crippen LogP contribution in [0.3, 0.4) is 0 Å². The van der Waals surface area contributed by atoms with Gasteiger partial charge in [0.1, 0.15) is 18.1 Å². The van der Waals surface area contributed by atoms with Crippen molar-refractivity contribution in [2.75, 3.05) is 6.54 Å². The molecule has 2 N–H and O–H groups in total. The average Bonchev–Trinajstić information content (AvgIpc) is 2.46. The van der Waals surface area contributed by atoms with E-state index in [2.05, 4.69) is 0 Å². The van der Waals surface area contributed by atoms with Crippen molar-refractivity contribution in [3.8, 4) is 0 Å². The van der Waals surface area contributed by atoms with Gasteiger partial charge in [0.25, 0.3) is 0 Å². The number of rotatable bonds is 2. The predicted octanol–water partition coefficient (Wildman–Crippen LogP) is 0.811. The fourth-order valence-corrected chi connectivity index (χ4v) is 1.29. The van der Waals surface area contributed by atoms with Crippen molar-refractivity contribution in [1.82, 2.24) is 0 Å². The van der Waals surface area contributed by atoms with Crippen LogP contribution >= 0.6 is 0 Å². The Kier molecular flexibility index (Phi) is 1.68. The van der Waals surface area contributed by atoms with Crippen LogP contribution in [-0.2, 0) is 24.4 Å². The first-order valence-corrected chi connectivity index (χ1v) is 3.78.